The average Bonchev–Trinajstić information content (AvgIpc) is 2.40. The normalized spacial score (nSPS) is 17.8. The van der Waals surface area contributed by atoms with Gasteiger partial charge in [-0.2, -0.15) is 0 Å². The third-order valence-electron chi connectivity index (χ3n) is 3.44. The first-order valence-corrected chi connectivity index (χ1v) is 6.59. The number of aliphatic hydroxyl groups is 1. The topological polar surface area (TPSA) is 35.5 Å². The summed E-state index contributed by atoms with van der Waals surface area (Å²) in [5.74, 6) is -0.291. The highest BCUT2D eigenvalue weighted by Gasteiger charge is 2.19. The Labute approximate surface area is 108 Å². The predicted octanol–water partition coefficient (Wildman–Crippen LogP) is 2.07. The Kier molecular flexibility index (Phi) is 4.55. The van der Waals surface area contributed by atoms with Crippen molar-refractivity contribution < 1.29 is 9.50 Å². The number of rotatable bonds is 4. The van der Waals surface area contributed by atoms with Gasteiger partial charge in [0.05, 0.1) is 6.10 Å². The molecule has 18 heavy (non-hydrogen) atoms. The Morgan fingerprint density at radius 2 is 2.06 bits per heavy atom. The first-order chi connectivity index (χ1) is 8.72. The number of anilines is 1. The first-order valence-electron chi connectivity index (χ1n) is 6.59. The maximum atomic E-state index is 13.4. The van der Waals surface area contributed by atoms with E-state index in [1.807, 2.05) is 0 Å². The molecule has 0 aromatic heterocycles. The first kappa shape index (κ1) is 13.3. The van der Waals surface area contributed by atoms with E-state index in [1.54, 1.807) is 13.1 Å². The number of benzene rings is 1. The maximum Gasteiger partial charge on any atom is 0.123 e. The van der Waals surface area contributed by atoms with Crippen LogP contribution in [-0.2, 0) is 0 Å². The molecule has 0 bridgehead atoms. The second kappa shape index (κ2) is 6.16. The van der Waals surface area contributed by atoms with E-state index in [0.717, 1.165) is 18.8 Å². The standard InChI is InChI=1S/C14H21FN2O/c1-16-10-14(18)12-9-11(15)5-6-13(12)17-7-3-2-4-8-17/h5-6,9,14,16,18H,2-4,7-8,10H2,1H3. The largest absolute Gasteiger partial charge is 0.387 e. The van der Waals surface area contributed by atoms with Crippen molar-refractivity contribution in [1.29, 1.82) is 0 Å². The summed E-state index contributed by atoms with van der Waals surface area (Å²) >= 11 is 0. The van der Waals surface area contributed by atoms with E-state index in [2.05, 4.69) is 10.2 Å². The molecule has 0 amide bonds. The number of aliphatic hydroxyl groups excluding tert-OH is 1. The van der Waals surface area contributed by atoms with Crippen LogP contribution >= 0.6 is 0 Å². The number of piperidine rings is 1. The molecule has 1 atom stereocenters. The SMILES string of the molecule is CNCC(O)c1cc(F)ccc1N1CCCCC1. The minimum absolute atomic E-state index is 0.291. The lowest BCUT2D eigenvalue weighted by Crippen LogP contribution is -2.31. The van der Waals surface area contributed by atoms with Gasteiger partial charge in [0.15, 0.2) is 0 Å². The molecule has 1 aromatic carbocycles. The molecule has 1 fully saturated rings. The van der Waals surface area contributed by atoms with Gasteiger partial charge in [-0.25, -0.2) is 4.39 Å². The van der Waals surface area contributed by atoms with Crippen LogP contribution in [0.1, 0.15) is 30.9 Å². The molecule has 1 unspecified atom stereocenters. The molecule has 100 valence electrons. The van der Waals surface area contributed by atoms with Crippen LogP contribution in [0.25, 0.3) is 0 Å². The molecule has 3 nitrogen and oxygen atoms in total. The van der Waals surface area contributed by atoms with Crippen molar-refractivity contribution in [3.8, 4) is 0 Å². The Bertz CT molecular complexity index is 391. The van der Waals surface area contributed by atoms with Gasteiger partial charge in [0.25, 0.3) is 0 Å². The number of halogens is 1. The van der Waals surface area contributed by atoms with Gasteiger partial charge in [0.1, 0.15) is 5.82 Å². The monoisotopic (exact) mass is 252 g/mol. The van der Waals surface area contributed by atoms with Gasteiger partial charge in [-0.05, 0) is 44.5 Å². The molecule has 4 heteroatoms. The Hall–Kier alpha value is -1.13. The van der Waals surface area contributed by atoms with Gasteiger partial charge in [-0.3, -0.25) is 0 Å². The summed E-state index contributed by atoms with van der Waals surface area (Å²) < 4.78 is 13.4. The lowest BCUT2D eigenvalue weighted by atomic mass is 10.0. The highest BCUT2D eigenvalue weighted by Crippen LogP contribution is 2.29. The Morgan fingerprint density at radius 1 is 1.33 bits per heavy atom. The van der Waals surface area contributed by atoms with Crippen molar-refractivity contribution in [1.82, 2.24) is 5.32 Å². The zero-order valence-electron chi connectivity index (χ0n) is 10.8. The van der Waals surface area contributed by atoms with Crippen LogP contribution in [0.3, 0.4) is 0 Å². The van der Waals surface area contributed by atoms with Gasteiger partial charge in [0.2, 0.25) is 0 Å². The van der Waals surface area contributed by atoms with Crippen LogP contribution in [-0.4, -0.2) is 31.8 Å². The van der Waals surface area contributed by atoms with Crippen molar-refractivity contribution in [3.05, 3.63) is 29.6 Å². The van der Waals surface area contributed by atoms with Crippen molar-refractivity contribution in [2.45, 2.75) is 25.4 Å². The fourth-order valence-electron chi connectivity index (χ4n) is 2.52. The van der Waals surface area contributed by atoms with Crippen molar-refractivity contribution >= 4 is 5.69 Å². The van der Waals surface area contributed by atoms with Crippen LogP contribution in [0.4, 0.5) is 10.1 Å². The summed E-state index contributed by atoms with van der Waals surface area (Å²) in [4.78, 5) is 2.25. The lowest BCUT2D eigenvalue weighted by molar-refractivity contribution is 0.177. The molecule has 0 aliphatic carbocycles. The highest BCUT2D eigenvalue weighted by atomic mass is 19.1. The lowest BCUT2D eigenvalue weighted by Gasteiger charge is -2.31. The van der Waals surface area contributed by atoms with Gasteiger partial charge >= 0.3 is 0 Å². The van der Waals surface area contributed by atoms with E-state index < -0.39 is 6.10 Å². The van der Waals surface area contributed by atoms with Crippen LogP contribution in [0, 0.1) is 5.82 Å². The van der Waals surface area contributed by atoms with Gasteiger partial charge < -0.3 is 15.3 Å². The quantitative estimate of drug-likeness (QED) is 0.861. The minimum atomic E-state index is -0.664. The average molecular weight is 252 g/mol. The maximum absolute atomic E-state index is 13.4. The molecular formula is C14H21FN2O. The van der Waals surface area contributed by atoms with Gasteiger partial charge in [-0.1, -0.05) is 0 Å². The molecule has 1 aliphatic rings. The van der Waals surface area contributed by atoms with E-state index >= 15 is 0 Å². The molecule has 0 radical (unpaired) electrons. The smallest absolute Gasteiger partial charge is 0.123 e. The summed E-state index contributed by atoms with van der Waals surface area (Å²) in [6.07, 6.45) is 2.92. The fraction of sp³-hybridized carbons (Fsp3) is 0.571. The van der Waals surface area contributed by atoms with E-state index in [9.17, 15) is 9.50 Å². The summed E-state index contributed by atoms with van der Waals surface area (Å²) in [7, 11) is 1.78. The second-order valence-corrected chi connectivity index (χ2v) is 4.82. The number of likely N-dealkylation sites (N-methyl/N-ethyl adjacent to an activating group) is 1. The summed E-state index contributed by atoms with van der Waals surface area (Å²) in [6.45, 7) is 2.42. The minimum Gasteiger partial charge on any atom is -0.387 e. The summed E-state index contributed by atoms with van der Waals surface area (Å²) in [5.41, 5.74) is 1.66. The van der Waals surface area contributed by atoms with Crippen molar-refractivity contribution in [3.63, 3.8) is 0 Å². The van der Waals surface area contributed by atoms with Gasteiger partial charge in [-0.15, -0.1) is 0 Å². The predicted molar refractivity (Wildman–Crippen MR) is 71.4 cm³/mol. The Morgan fingerprint density at radius 3 is 2.72 bits per heavy atom. The van der Waals surface area contributed by atoms with E-state index in [4.69, 9.17) is 0 Å². The summed E-state index contributed by atoms with van der Waals surface area (Å²) in [6, 6.07) is 4.71. The number of hydrogen-bond acceptors (Lipinski definition) is 3. The third-order valence-corrected chi connectivity index (χ3v) is 3.44. The molecule has 1 aromatic rings. The zero-order chi connectivity index (χ0) is 13.0. The number of hydrogen-bond donors (Lipinski definition) is 2. The second-order valence-electron chi connectivity index (χ2n) is 4.82. The Balaban J connectivity index is 2.27. The third kappa shape index (κ3) is 3.00. The molecule has 0 saturated carbocycles. The van der Waals surface area contributed by atoms with Crippen molar-refractivity contribution in [2.75, 3.05) is 31.6 Å². The van der Waals surface area contributed by atoms with E-state index in [1.165, 1.54) is 31.4 Å². The van der Waals surface area contributed by atoms with Crippen LogP contribution in [0.2, 0.25) is 0 Å². The number of nitrogens with zero attached hydrogens (tertiary/aromatic N) is 1. The van der Waals surface area contributed by atoms with Gasteiger partial charge in [0, 0.05) is 30.9 Å². The summed E-state index contributed by atoms with van der Waals surface area (Å²) in [5, 5.41) is 13.0. The molecule has 1 heterocycles. The molecule has 1 aliphatic heterocycles. The van der Waals surface area contributed by atoms with E-state index in [-0.39, 0.29) is 5.82 Å². The van der Waals surface area contributed by atoms with Crippen LogP contribution < -0.4 is 10.2 Å². The molecule has 2 rings (SSSR count). The zero-order valence-corrected chi connectivity index (χ0v) is 10.8. The molecule has 1 saturated heterocycles. The van der Waals surface area contributed by atoms with Crippen LogP contribution in [0.5, 0.6) is 0 Å². The van der Waals surface area contributed by atoms with Crippen LogP contribution in [0.15, 0.2) is 18.2 Å². The van der Waals surface area contributed by atoms with Crippen molar-refractivity contribution in [2.24, 2.45) is 0 Å². The fourth-order valence-corrected chi connectivity index (χ4v) is 2.52. The molecule has 2 N–H and O–H groups in total. The molecular weight excluding hydrogens is 231 g/mol. The highest BCUT2D eigenvalue weighted by molar-refractivity contribution is 5.55. The molecule has 0 spiro atoms. The van der Waals surface area contributed by atoms with E-state index in [0.29, 0.717) is 12.1 Å². The number of nitrogens with one attached hydrogen (secondary N) is 1.